The topological polar surface area (TPSA) is 21.1 Å². The van der Waals surface area contributed by atoms with Crippen molar-refractivity contribution in [3.05, 3.63) is 23.5 Å². The molecule has 1 aliphatic rings. The lowest BCUT2D eigenvalue weighted by Crippen LogP contribution is -2.26. The second kappa shape index (κ2) is 6.30. The fraction of sp³-hybridized carbons (Fsp3) is 0.706. The molecule has 21 heavy (non-hydrogen) atoms. The van der Waals surface area contributed by atoms with Gasteiger partial charge < -0.3 is 0 Å². The van der Waals surface area contributed by atoms with Crippen LogP contribution in [0.5, 0.6) is 0 Å². The molecule has 3 nitrogen and oxygen atoms in total. The zero-order chi connectivity index (χ0) is 15.6. The highest BCUT2D eigenvalue weighted by molar-refractivity contribution is 5.60. The molecule has 1 fully saturated rings. The summed E-state index contributed by atoms with van der Waals surface area (Å²) in [6.45, 7) is 13.0. The SMILES string of the molecule is CC=C(C)c1cc(C(C)(C)C)n(C2CCN(CCF)C2)n1. The van der Waals surface area contributed by atoms with E-state index in [1.54, 1.807) is 0 Å². The number of allylic oxidation sites excluding steroid dienone is 2. The average Bonchev–Trinajstić information content (AvgIpc) is 3.03. The number of nitrogens with zero attached hydrogens (tertiary/aromatic N) is 3. The maximum Gasteiger partial charge on any atom is 0.102 e. The van der Waals surface area contributed by atoms with Gasteiger partial charge in [0.25, 0.3) is 0 Å². The Bertz CT molecular complexity index is 511. The van der Waals surface area contributed by atoms with Gasteiger partial charge in [-0.25, -0.2) is 4.39 Å². The summed E-state index contributed by atoms with van der Waals surface area (Å²) in [6.07, 6.45) is 3.16. The van der Waals surface area contributed by atoms with Gasteiger partial charge in [-0.3, -0.25) is 9.58 Å². The van der Waals surface area contributed by atoms with Crippen LogP contribution in [0.4, 0.5) is 4.39 Å². The van der Waals surface area contributed by atoms with Crippen LogP contribution in [0.2, 0.25) is 0 Å². The van der Waals surface area contributed by atoms with E-state index < -0.39 is 0 Å². The molecule has 1 aromatic rings. The van der Waals surface area contributed by atoms with Crippen LogP contribution in [-0.4, -0.2) is 41.0 Å². The molecule has 1 saturated heterocycles. The quantitative estimate of drug-likeness (QED) is 0.841. The van der Waals surface area contributed by atoms with Crippen LogP contribution < -0.4 is 0 Å². The minimum Gasteiger partial charge on any atom is -0.299 e. The Hall–Kier alpha value is -1.16. The summed E-state index contributed by atoms with van der Waals surface area (Å²) in [5, 5.41) is 4.85. The number of halogens is 1. The van der Waals surface area contributed by atoms with Crippen molar-refractivity contribution in [3.8, 4) is 0 Å². The maximum absolute atomic E-state index is 12.5. The molecule has 0 aromatic carbocycles. The monoisotopic (exact) mass is 293 g/mol. The Balaban J connectivity index is 2.32. The predicted molar refractivity (Wildman–Crippen MR) is 86.3 cm³/mol. The van der Waals surface area contributed by atoms with Crippen LogP contribution in [0.15, 0.2) is 12.1 Å². The number of hydrogen-bond acceptors (Lipinski definition) is 2. The van der Waals surface area contributed by atoms with Crippen LogP contribution >= 0.6 is 0 Å². The van der Waals surface area contributed by atoms with Crippen molar-refractivity contribution in [1.29, 1.82) is 0 Å². The molecule has 2 rings (SSSR count). The minimum atomic E-state index is -0.263. The van der Waals surface area contributed by atoms with E-state index >= 15 is 0 Å². The number of rotatable bonds is 4. The van der Waals surface area contributed by atoms with Crippen LogP contribution in [0.25, 0.3) is 5.57 Å². The summed E-state index contributed by atoms with van der Waals surface area (Å²) in [5.41, 5.74) is 3.60. The standard InChI is InChI=1S/C17H28FN3/c1-6-13(2)15-11-16(17(3,4)5)21(19-15)14-7-9-20(12-14)10-8-18/h6,11,14H,7-10,12H2,1-5H3. The Labute approximate surface area is 127 Å². The second-order valence-corrected chi connectivity index (χ2v) is 7.01. The maximum atomic E-state index is 12.5. The first-order chi connectivity index (χ1) is 9.86. The third kappa shape index (κ3) is 3.54. The van der Waals surface area contributed by atoms with Gasteiger partial charge in [-0.2, -0.15) is 5.10 Å². The predicted octanol–water partition coefficient (Wildman–Crippen LogP) is 3.82. The Morgan fingerprint density at radius 3 is 2.76 bits per heavy atom. The van der Waals surface area contributed by atoms with Crippen LogP contribution in [0, 0.1) is 0 Å². The van der Waals surface area contributed by atoms with Crippen molar-refractivity contribution in [2.24, 2.45) is 0 Å². The number of alkyl halides is 1. The molecule has 0 spiro atoms. The molecule has 4 heteroatoms. The summed E-state index contributed by atoms with van der Waals surface area (Å²) in [4.78, 5) is 2.20. The van der Waals surface area contributed by atoms with E-state index in [0.29, 0.717) is 12.6 Å². The van der Waals surface area contributed by atoms with E-state index in [1.165, 1.54) is 11.3 Å². The van der Waals surface area contributed by atoms with Gasteiger partial charge in [0.15, 0.2) is 0 Å². The van der Waals surface area contributed by atoms with Gasteiger partial charge in [0.2, 0.25) is 0 Å². The van der Waals surface area contributed by atoms with Gasteiger partial charge in [0.05, 0.1) is 11.7 Å². The van der Waals surface area contributed by atoms with Gasteiger partial charge in [0, 0.05) is 30.7 Å². The van der Waals surface area contributed by atoms with Gasteiger partial charge in [0.1, 0.15) is 6.67 Å². The first-order valence-electron chi connectivity index (χ1n) is 7.88. The Kier molecular flexibility index (Phi) is 4.87. The van der Waals surface area contributed by atoms with Crippen molar-refractivity contribution >= 4 is 5.57 Å². The Morgan fingerprint density at radius 1 is 1.48 bits per heavy atom. The largest absolute Gasteiger partial charge is 0.299 e. The Morgan fingerprint density at radius 2 is 2.19 bits per heavy atom. The summed E-state index contributed by atoms with van der Waals surface area (Å²) in [6, 6.07) is 2.58. The smallest absolute Gasteiger partial charge is 0.102 e. The number of likely N-dealkylation sites (tertiary alicyclic amines) is 1. The van der Waals surface area contributed by atoms with Gasteiger partial charge >= 0.3 is 0 Å². The molecule has 0 amide bonds. The van der Waals surface area contributed by atoms with E-state index in [2.05, 4.69) is 49.4 Å². The number of hydrogen-bond donors (Lipinski definition) is 0. The fourth-order valence-electron chi connectivity index (χ4n) is 2.91. The van der Waals surface area contributed by atoms with Crippen LogP contribution in [0.3, 0.4) is 0 Å². The van der Waals surface area contributed by atoms with Crippen molar-refractivity contribution in [2.75, 3.05) is 26.3 Å². The zero-order valence-electron chi connectivity index (χ0n) is 14.0. The van der Waals surface area contributed by atoms with Gasteiger partial charge in [-0.15, -0.1) is 0 Å². The summed E-state index contributed by atoms with van der Waals surface area (Å²) in [5.74, 6) is 0. The molecule has 0 bridgehead atoms. The van der Waals surface area contributed by atoms with E-state index in [9.17, 15) is 4.39 Å². The minimum absolute atomic E-state index is 0.0623. The van der Waals surface area contributed by atoms with Crippen molar-refractivity contribution in [1.82, 2.24) is 14.7 Å². The molecule has 1 atom stereocenters. The highest BCUT2D eigenvalue weighted by Gasteiger charge is 2.30. The van der Waals surface area contributed by atoms with E-state index in [4.69, 9.17) is 5.10 Å². The van der Waals surface area contributed by atoms with Crippen LogP contribution in [-0.2, 0) is 5.41 Å². The van der Waals surface area contributed by atoms with E-state index in [1.807, 2.05) is 6.92 Å². The molecule has 1 aromatic heterocycles. The van der Waals surface area contributed by atoms with Crippen molar-refractivity contribution in [3.63, 3.8) is 0 Å². The van der Waals surface area contributed by atoms with Gasteiger partial charge in [-0.1, -0.05) is 26.8 Å². The molecule has 1 aliphatic heterocycles. The third-order valence-electron chi connectivity index (χ3n) is 4.34. The molecule has 0 radical (unpaired) electrons. The molecular formula is C17H28FN3. The van der Waals surface area contributed by atoms with E-state index in [0.717, 1.165) is 25.2 Å². The van der Waals surface area contributed by atoms with Crippen LogP contribution in [0.1, 0.15) is 58.5 Å². The summed E-state index contributed by atoms with van der Waals surface area (Å²) in [7, 11) is 0. The average molecular weight is 293 g/mol. The molecule has 1 unspecified atom stereocenters. The molecule has 2 heterocycles. The number of aromatic nitrogens is 2. The zero-order valence-corrected chi connectivity index (χ0v) is 14.0. The lowest BCUT2D eigenvalue weighted by molar-refractivity contribution is 0.282. The summed E-state index contributed by atoms with van der Waals surface area (Å²) < 4.78 is 14.7. The second-order valence-electron chi connectivity index (χ2n) is 7.01. The molecular weight excluding hydrogens is 265 g/mol. The van der Waals surface area contributed by atoms with Gasteiger partial charge in [-0.05, 0) is 31.9 Å². The molecule has 0 aliphatic carbocycles. The van der Waals surface area contributed by atoms with Crippen molar-refractivity contribution < 1.29 is 4.39 Å². The van der Waals surface area contributed by atoms with Crippen molar-refractivity contribution in [2.45, 2.75) is 52.5 Å². The fourth-order valence-corrected chi connectivity index (χ4v) is 2.91. The molecule has 118 valence electrons. The first-order valence-corrected chi connectivity index (χ1v) is 7.88. The highest BCUT2D eigenvalue weighted by atomic mass is 19.1. The third-order valence-corrected chi connectivity index (χ3v) is 4.34. The normalized spacial score (nSPS) is 21.2. The first kappa shape index (κ1) is 16.2. The van der Waals surface area contributed by atoms with E-state index in [-0.39, 0.29) is 12.1 Å². The molecule has 0 saturated carbocycles. The lowest BCUT2D eigenvalue weighted by Gasteiger charge is -2.23. The summed E-state index contributed by atoms with van der Waals surface area (Å²) >= 11 is 0. The lowest BCUT2D eigenvalue weighted by atomic mass is 9.91. The highest BCUT2D eigenvalue weighted by Crippen LogP contribution is 2.31. The molecule has 0 N–H and O–H groups in total.